The Morgan fingerprint density at radius 2 is 2.00 bits per heavy atom. The first-order valence-electron chi connectivity index (χ1n) is 6.51. The highest BCUT2D eigenvalue weighted by Crippen LogP contribution is 2.23. The zero-order valence-corrected chi connectivity index (χ0v) is 11.5. The van der Waals surface area contributed by atoms with Crippen LogP contribution in [0.25, 0.3) is 10.9 Å². The third kappa shape index (κ3) is 2.72. The highest BCUT2D eigenvalue weighted by atomic mass is 16.5. The standard InChI is InChI=1S/C16H14N2O3/c1-20-16(19)15-13-9-12(7-8-14(13)17-18-15)21-10-11-5-3-2-4-6-11/h2-9H,10H2,1H3,(H,17,18). The normalized spacial score (nSPS) is 10.5. The van der Waals surface area contributed by atoms with Crippen LogP contribution in [0.2, 0.25) is 0 Å². The van der Waals surface area contributed by atoms with Gasteiger partial charge < -0.3 is 9.47 Å². The summed E-state index contributed by atoms with van der Waals surface area (Å²) >= 11 is 0. The van der Waals surface area contributed by atoms with Gasteiger partial charge in [-0.1, -0.05) is 30.3 Å². The largest absolute Gasteiger partial charge is 0.489 e. The number of esters is 1. The number of fused-ring (bicyclic) bond motifs is 1. The van der Waals surface area contributed by atoms with Gasteiger partial charge in [-0.3, -0.25) is 5.10 Å². The number of carbonyl (C=O) groups excluding carboxylic acids is 1. The summed E-state index contributed by atoms with van der Waals surface area (Å²) in [6, 6.07) is 15.3. The third-order valence-electron chi connectivity index (χ3n) is 3.16. The van der Waals surface area contributed by atoms with E-state index in [0.717, 1.165) is 11.1 Å². The first-order chi connectivity index (χ1) is 10.3. The molecule has 0 bridgehead atoms. The summed E-state index contributed by atoms with van der Waals surface area (Å²) in [4.78, 5) is 11.6. The van der Waals surface area contributed by atoms with E-state index < -0.39 is 5.97 Å². The lowest BCUT2D eigenvalue weighted by molar-refractivity contribution is 0.0596. The molecule has 0 amide bonds. The molecule has 3 rings (SSSR count). The molecule has 3 aromatic rings. The number of aromatic nitrogens is 2. The summed E-state index contributed by atoms with van der Waals surface area (Å²) < 4.78 is 10.5. The lowest BCUT2D eigenvalue weighted by Crippen LogP contribution is -2.02. The van der Waals surface area contributed by atoms with Gasteiger partial charge in [-0.05, 0) is 23.8 Å². The van der Waals surface area contributed by atoms with Crippen molar-refractivity contribution in [2.75, 3.05) is 7.11 Å². The van der Waals surface area contributed by atoms with Crippen LogP contribution in [0, 0.1) is 0 Å². The van der Waals surface area contributed by atoms with Gasteiger partial charge in [0.25, 0.3) is 0 Å². The fourth-order valence-corrected chi connectivity index (χ4v) is 2.08. The molecule has 0 saturated heterocycles. The van der Waals surface area contributed by atoms with Crippen molar-refractivity contribution in [1.29, 1.82) is 0 Å². The van der Waals surface area contributed by atoms with Gasteiger partial charge in [-0.2, -0.15) is 5.10 Å². The van der Waals surface area contributed by atoms with Gasteiger partial charge in [0, 0.05) is 5.39 Å². The SMILES string of the molecule is COC(=O)c1n[nH]c2ccc(OCc3ccccc3)cc12. The first-order valence-corrected chi connectivity index (χ1v) is 6.51. The van der Waals surface area contributed by atoms with Crippen LogP contribution >= 0.6 is 0 Å². The molecule has 1 heterocycles. The molecule has 5 heteroatoms. The monoisotopic (exact) mass is 282 g/mol. The lowest BCUT2D eigenvalue weighted by Gasteiger charge is -2.06. The molecule has 0 unspecified atom stereocenters. The molecule has 0 aliphatic carbocycles. The molecule has 1 N–H and O–H groups in total. The molecular formula is C16H14N2O3. The first kappa shape index (κ1) is 13.2. The number of aromatic amines is 1. The molecule has 0 saturated carbocycles. The molecule has 21 heavy (non-hydrogen) atoms. The number of ether oxygens (including phenoxy) is 2. The highest BCUT2D eigenvalue weighted by molar-refractivity contribution is 6.02. The maximum absolute atomic E-state index is 11.6. The summed E-state index contributed by atoms with van der Waals surface area (Å²) in [6.45, 7) is 0.470. The van der Waals surface area contributed by atoms with E-state index in [1.165, 1.54) is 7.11 Å². The van der Waals surface area contributed by atoms with Crippen LogP contribution in [-0.4, -0.2) is 23.3 Å². The number of H-pyrrole nitrogens is 1. The van der Waals surface area contributed by atoms with E-state index in [9.17, 15) is 4.79 Å². The van der Waals surface area contributed by atoms with E-state index in [4.69, 9.17) is 9.47 Å². The van der Waals surface area contributed by atoms with Crippen molar-refractivity contribution in [3.8, 4) is 5.75 Å². The molecule has 1 aromatic heterocycles. The fourth-order valence-electron chi connectivity index (χ4n) is 2.08. The Hall–Kier alpha value is -2.82. The second-order valence-corrected chi connectivity index (χ2v) is 4.55. The van der Waals surface area contributed by atoms with Gasteiger partial charge in [-0.25, -0.2) is 4.79 Å². The predicted octanol–water partition coefficient (Wildman–Crippen LogP) is 2.93. The zero-order chi connectivity index (χ0) is 14.7. The topological polar surface area (TPSA) is 64.2 Å². The highest BCUT2D eigenvalue weighted by Gasteiger charge is 2.14. The van der Waals surface area contributed by atoms with Gasteiger partial charge in [-0.15, -0.1) is 0 Å². The summed E-state index contributed by atoms with van der Waals surface area (Å²) in [5.41, 5.74) is 2.11. The zero-order valence-electron chi connectivity index (χ0n) is 11.5. The number of nitrogens with zero attached hydrogens (tertiary/aromatic N) is 1. The Morgan fingerprint density at radius 1 is 1.19 bits per heavy atom. The maximum Gasteiger partial charge on any atom is 0.359 e. The van der Waals surface area contributed by atoms with E-state index >= 15 is 0 Å². The van der Waals surface area contributed by atoms with Gasteiger partial charge >= 0.3 is 5.97 Å². The molecule has 0 fully saturated rings. The van der Waals surface area contributed by atoms with Crippen LogP contribution in [0.3, 0.4) is 0 Å². The van der Waals surface area contributed by atoms with Crippen molar-refractivity contribution < 1.29 is 14.3 Å². The summed E-state index contributed by atoms with van der Waals surface area (Å²) in [5.74, 6) is 0.208. The molecule has 0 spiro atoms. The van der Waals surface area contributed by atoms with Crippen LogP contribution < -0.4 is 4.74 Å². The van der Waals surface area contributed by atoms with Gasteiger partial charge in [0.15, 0.2) is 5.69 Å². The summed E-state index contributed by atoms with van der Waals surface area (Å²) in [7, 11) is 1.33. The van der Waals surface area contributed by atoms with E-state index in [2.05, 4.69) is 10.2 Å². The Labute approximate surface area is 121 Å². The Bertz CT molecular complexity index is 766. The second-order valence-electron chi connectivity index (χ2n) is 4.55. The number of carbonyl (C=O) groups is 1. The molecule has 2 aromatic carbocycles. The van der Waals surface area contributed by atoms with Gasteiger partial charge in [0.1, 0.15) is 12.4 Å². The maximum atomic E-state index is 11.6. The number of methoxy groups -OCH3 is 1. The van der Waals surface area contributed by atoms with E-state index in [0.29, 0.717) is 17.7 Å². The van der Waals surface area contributed by atoms with Crippen LogP contribution in [0.5, 0.6) is 5.75 Å². The number of rotatable bonds is 4. The molecule has 0 atom stereocenters. The van der Waals surface area contributed by atoms with Crippen molar-refractivity contribution in [1.82, 2.24) is 10.2 Å². The molecule has 5 nitrogen and oxygen atoms in total. The van der Waals surface area contributed by atoms with Crippen molar-refractivity contribution >= 4 is 16.9 Å². The minimum Gasteiger partial charge on any atom is -0.489 e. The molecule has 0 radical (unpaired) electrons. The van der Waals surface area contributed by atoms with Crippen molar-refractivity contribution in [2.24, 2.45) is 0 Å². The van der Waals surface area contributed by atoms with Gasteiger partial charge in [0.2, 0.25) is 0 Å². The Morgan fingerprint density at radius 3 is 2.76 bits per heavy atom. The third-order valence-corrected chi connectivity index (χ3v) is 3.16. The van der Waals surface area contributed by atoms with Crippen molar-refractivity contribution in [3.63, 3.8) is 0 Å². The van der Waals surface area contributed by atoms with Crippen LogP contribution in [0.1, 0.15) is 16.1 Å². The number of nitrogens with one attached hydrogen (secondary N) is 1. The summed E-state index contributed by atoms with van der Waals surface area (Å²) in [6.07, 6.45) is 0. The van der Waals surface area contributed by atoms with Crippen LogP contribution in [0.15, 0.2) is 48.5 Å². The van der Waals surface area contributed by atoms with Gasteiger partial charge in [0.05, 0.1) is 12.6 Å². The smallest absolute Gasteiger partial charge is 0.359 e. The van der Waals surface area contributed by atoms with Crippen molar-refractivity contribution in [3.05, 3.63) is 59.8 Å². The summed E-state index contributed by atoms with van der Waals surface area (Å²) in [5, 5.41) is 7.46. The second kappa shape index (κ2) is 5.66. The lowest BCUT2D eigenvalue weighted by atomic mass is 10.2. The van der Waals surface area contributed by atoms with Crippen molar-refractivity contribution in [2.45, 2.75) is 6.61 Å². The minimum atomic E-state index is -0.471. The average molecular weight is 282 g/mol. The number of hydrogen-bond donors (Lipinski definition) is 1. The Balaban J connectivity index is 1.84. The minimum absolute atomic E-state index is 0.262. The predicted molar refractivity (Wildman–Crippen MR) is 78.2 cm³/mol. The number of benzene rings is 2. The molecule has 0 aliphatic heterocycles. The fraction of sp³-hybridized carbons (Fsp3) is 0.125. The van der Waals surface area contributed by atoms with E-state index in [1.54, 1.807) is 6.07 Å². The van der Waals surface area contributed by atoms with E-state index in [1.807, 2.05) is 42.5 Å². The molecule has 0 aliphatic rings. The molecule has 106 valence electrons. The number of hydrogen-bond acceptors (Lipinski definition) is 4. The molecular weight excluding hydrogens is 268 g/mol. The van der Waals surface area contributed by atoms with E-state index in [-0.39, 0.29) is 5.69 Å². The quantitative estimate of drug-likeness (QED) is 0.747. The van der Waals surface area contributed by atoms with Crippen LogP contribution in [0.4, 0.5) is 0 Å². The average Bonchev–Trinajstić information content (AvgIpc) is 2.96. The van der Waals surface area contributed by atoms with Crippen LogP contribution in [-0.2, 0) is 11.3 Å². The Kier molecular flexibility index (Phi) is 3.55.